The molecule has 1 N–H and O–H groups in total. The van der Waals surface area contributed by atoms with Gasteiger partial charge in [-0.15, -0.1) is 0 Å². The number of nitrogens with zero attached hydrogens (tertiary/aromatic N) is 3. The van der Waals surface area contributed by atoms with Crippen LogP contribution in [0.15, 0.2) is 48.5 Å². The van der Waals surface area contributed by atoms with Gasteiger partial charge < -0.3 is 9.88 Å². The molecule has 1 fully saturated rings. The Bertz CT molecular complexity index is 1040. The normalized spacial score (nSPS) is 13.9. The van der Waals surface area contributed by atoms with Crippen LogP contribution in [0.25, 0.3) is 11.3 Å². The van der Waals surface area contributed by atoms with Gasteiger partial charge >= 0.3 is 0 Å². The summed E-state index contributed by atoms with van der Waals surface area (Å²) in [4.78, 5) is 22.0. The van der Waals surface area contributed by atoms with Gasteiger partial charge in [-0.3, -0.25) is 4.79 Å². The molecular formula is C21H17ClN4O. The number of aryl methyl sites for hydroxylation is 1. The van der Waals surface area contributed by atoms with Crippen LogP contribution in [0.1, 0.15) is 33.2 Å². The minimum absolute atomic E-state index is 0.00475. The second-order valence-electron chi connectivity index (χ2n) is 6.71. The second kappa shape index (κ2) is 6.90. The number of carbonyl (C=O) groups is 1. The summed E-state index contributed by atoms with van der Waals surface area (Å²) in [5, 5.41) is 9.36. The van der Waals surface area contributed by atoms with Gasteiger partial charge in [-0.05, 0) is 36.8 Å². The zero-order valence-corrected chi connectivity index (χ0v) is 15.5. The fraction of sp³-hybridized carbons (Fsp3) is 0.190. The molecule has 0 bridgehead atoms. The average molecular weight is 377 g/mol. The summed E-state index contributed by atoms with van der Waals surface area (Å²) >= 11 is 6.19. The predicted molar refractivity (Wildman–Crippen MR) is 104 cm³/mol. The lowest BCUT2D eigenvalue weighted by molar-refractivity contribution is 0.0602. The Morgan fingerprint density at radius 2 is 2.00 bits per heavy atom. The third-order valence-electron chi connectivity index (χ3n) is 4.84. The van der Waals surface area contributed by atoms with E-state index < -0.39 is 0 Å². The maximum Gasteiger partial charge on any atom is 0.253 e. The van der Waals surface area contributed by atoms with E-state index in [0.717, 1.165) is 17.0 Å². The molecule has 27 heavy (non-hydrogen) atoms. The number of aromatic amines is 1. The molecule has 4 rings (SSSR count). The second-order valence-corrected chi connectivity index (χ2v) is 7.08. The Hall–Kier alpha value is -3.10. The first-order valence-electron chi connectivity index (χ1n) is 8.67. The van der Waals surface area contributed by atoms with E-state index in [1.807, 2.05) is 60.4 Å². The number of aromatic nitrogens is 2. The van der Waals surface area contributed by atoms with Gasteiger partial charge in [0.25, 0.3) is 5.91 Å². The van der Waals surface area contributed by atoms with Crippen molar-refractivity contribution >= 4 is 17.5 Å². The molecule has 1 aliphatic rings. The van der Waals surface area contributed by atoms with E-state index in [2.05, 4.69) is 16.0 Å². The SMILES string of the molecule is Cc1nc(-c2cccc(C(=O)N3CC(c4ccc(C#N)cc4)C3)c2)c(Cl)[nH]1. The molecule has 1 saturated heterocycles. The number of benzene rings is 2. The smallest absolute Gasteiger partial charge is 0.253 e. The highest BCUT2D eigenvalue weighted by Gasteiger charge is 2.32. The van der Waals surface area contributed by atoms with Crippen molar-refractivity contribution < 1.29 is 4.79 Å². The van der Waals surface area contributed by atoms with Gasteiger partial charge in [0, 0.05) is 30.1 Å². The van der Waals surface area contributed by atoms with E-state index in [9.17, 15) is 4.79 Å². The largest absolute Gasteiger partial charge is 0.337 e. The monoisotopic (exact) mass is 376 g/mol. The number of hydrogen-bond acceptors (Lipinski definition) is 3. The highest BCUT2D eigenvalue weighted by atomic mass is 35.5. The van der Waals surface area contributed by atoms with E-state index in [1.54, 1.807) is 0 Å². The first kappa shape index (κ1) is 17.3. The quantitative estimate of drug-likeness (QED) is 0.746. The van der Waals surface area contributed by atoms with E-state index in [1.165, 1.54) is 0 Å². The number of hydrogen-bond donors (Lipinski definition) is 1. The van der Waals surface area contributed by atoms with Crippen molar-refractivity contribution in [3.8, 4) is 17.3 Å². The van der Waals surface area contributed by atoms with Gasteiger partial charge in [0.05, 0.1) is 11.6 Å². The van der Waals surface area contributed by atoms with Crippen LogP contribution in [0, 0.1) is 18.3 Å². The van der Waals surface area contributed by atoms with Crippen LogP contribution < -0.4 is 0 Å². The predicted octanol–water partition coefficient (Wildman–Crippen LogP) is 4.15. The van der Waals surface area contributed by atoms with Crippen molar-refractivity contribution in [3.05, 3.63) is 76.2 Å². The van der Waals surface area contributed by atoms with Gasteiger partial charge in [0.2, 0.25) is 0 Å². The topological polar surface area (TPSA) is 72.8 Å². The highest BCUT2D eigenvalue weighted by Crippen LogP contribution is 2.30. The number of imidazole rings is 1. The Morgan fingerprint density at radius 1 is 1.26 bits per heavy atom. The lowest BCUT2D eigenvalue weighted by Crippen LogP contribution is -2.48. The molecule has 6 heteroatoms. The van der Waals surface area contributed by atoms with Crippen molar-refractivity contribution in [2.75, 3.05) is 13.1 Å². The summed E-state index contributed by atoms with van der Waals surface area (Å²) in [6.45, 7) is 3.20. The van der Waals surface area contributed by atoms with E-state index in [4.69, 9.17) is 16.9 Å². The number of nitriles is 1. The molecule has 134 valence electrons. The summed E-state index contributed by atoms with van der Waals surface area (Å²) in [6.07, 6.45) is 0. The molecule has 0 radical (unpaired) electrons. The van der Waals surface area contributed by atoms with Crippen LogP contribution >= 0.6 is 11.6 Å². The molecule has 0 atom stereocenters. The number of nitrogens with one attached hydrogen (secondary N) is 1. The number of carbonyl (C=O) groups excluding carboxylic acids is 1. The first-order chi connectivity index (χ1) is 13.0. The molecule has 1 amide bonds. The molecule has 0 spiro atoms. The summed E-state index contributed by atoms with van der Waals surface area (Å²) < 4.78 is 0. The Balaban J connectivity index is 1.47. The first-order valence-corrected chi connectivity index (χ1v) is 9.05. The van der Waals surface area contributed by atoms with Gasteiger partial charge in [-0.2, -0.15) is 5.26 Å². The third-order valence-corrected chi connectivity index (χ3v) is 5.11. The summed E-state index contributed by atoms with van der Waals surface area (Å²) in [5.41, 5.74) is 3.91. The Labute approximate surface area is 162 Å². The van der Waals surface area contributed by atoms with Crippen LogP contribution in [0.4, 0.5) is 0 Å². The molecule has 1 aliphatic heterocycles. The average Bonchev–Trinajstić information content (AvgIpc) is 2.99. The van der Waals surface area contributed by atoms with Crippen molar-refractivity contribution in [3.63, 3.8) is 0 Å². The number of amides is 1. The zero-order valence-electron chi connectivity index (χ0n) is 14.7. The molecule has 0 saturated carbocycles. The number of H-pyrrole nitrogens is 1. The molecule has 5 nitrogen and oxygen atoms in total. The zero-order chi connectivity index (χ0) is 19.0. The molecule has 1 aromatic heterocycles. The van der Waals surface area contributed by atoms with Gasteiger partial charge in [0.1, 0.15) is 16.7 Å². The number of rotatable bonds is 3. The van der Waals surface area contributed by atoms with E-state index in [-0.39, 0.29) is 5.91 Å². The van der Waals surface area contributed by atoms with Crippen LogP contribution in [0.3, 0.4) is 0 Å². The summed E-state index contributed by atoms with van der Waals surface area (Å²) in [5.74, 6) is 1.05. The minimum Gasteiger partial charge on any atom is -0.337 e. The molecular weight excluding hydrogens is 360 g/mol. The molecule has 2 heterocycles. The van der Waals surface area contributed by atoms with Crippen LogP contribution in [0.2, 0.25) is 5.15 Å². The molecule has 2 aromatic carbocycles. The standard InChI is InChI=1S/C21H17ClN4O/c1-13-24-19(20(22)25-13)16-3-2-4-17(9-16)21(27)26-11-18(12-26)15-7-5-14(10-23)6-8-15/h2-9,18H,11-12H2,1H3,(H,24,25). The van der Waals surface area contributed by atoms with E-state index >= 15 is 0 Å². The van der Waals surface area contributed by atoms with E-state index in [0.29, 0.717) is 41.0 Å². The summed E-state index contributed by atoms with van der Waals surface area (Å²) in [6, 6.07) is 17.1. The van der Waals surface area contributed by atoms with Crippen molar-refractivity contribution in [2.45, 2.75) is 12.8 Å². The van der Waals surface area contributed by atoms with Crippen molar-refractivity contribution in [1.29, 1.82) is 5.26 Å². The molecule has 3 aromatic rings. The lowest BCUT2D eigenvalue weighted by Gasteiger charge is -2.39. The van der Waals surface area contributed by atoms with Crippen molar-refractivity contribution in [1.82, 2.24) is 14.9 Å². The maximum atomic E-state index is 12.8. The van der Waals surface area contributed by atoms with Crippen LogP contribution in [-0.2, 0) is 0 Å². The van der Waals surface area contributed by atoms with Crippen LogP contribution in [-0.4, -0.2) is 33.9 Å². The molecule has 0 unspecified atom stereocenters. The third kappa shape index (κ3) is 3.32. The van der Waals surface area contributed by atoms with Gasteiger partial charge in [-0.1, -0.05) is 35.9 Å². The minimum atomic E-state index is 0.00475. The summed E-state index contributed by atoms with van der Waals surface area (Å²) in [7, 11) is 0. The highest BCUT2D eigenvalue weighted by molar-refractivity contribution is 6.31. The number of likely N-dealkylation sites (tertiary alicyclic amines) is 1. The maximum absolute atomic E-state index is 12.8. The fourth-order valence-electron chi connectivity index (χ4n) is 3.32. The Kier molecular flexibility index (Phi) is 4.43. The van der Waals surface area contributed by atoms with Gasteiger partial charge in [-0.25, -0.2) is 4.98 Å². The van der Waals surface area contributed by atoms with Gasteiger partial charge in [0.15, 0.2) is 0 Å². The Morgan fingerprint density at radius 3 is 2.63 bits per heavy atom. The fourth-order valence-corrected chi connectivity index (χ4v) is 3.61. The lowest BCUT2D eigenvalue weighted by atomic mass is 9.90. The van der Waals surface area contributed by atoms with Crippen molar-refractivity contribution in [2.24, 2.45) is 0 Å². The number of halogens is 1. The molecule has 0 aliphatic carbocycles. The van der Waals surface area contributed by atoms with Crippen LogP contribution in [0.5, 0.6) is 0 Å².